The zero-order valence-corrected chi connectivity index (χ0v) is 23.3. The Morgan fingerprint density at radius 3 is 1.12 bits per heavy atom. The maximum Gasteiger partial charge on any atom is 0.425 e. The summed E-state index contributed by atoms with van der Waals surface area (Å²) in [6.07, 6.45) is 21.0. The van der Waals surface area contributed by atoms with Gasteiger partial charge in [-0.25, -0.2) is 4.79 Å². The van der Waals surface area contributed by atoms with Crippen molar-refractivity contribution in [3.8, 4) is 0 Å². The van der Waals surface area contributed by atoms with Crippen LogP contribution in [0.4, 0.5) is 0 Å². The van der Waals surface area contributed by atoms with E-state index in [1.807, 2.05) is 0 Å². The van der Waals surface area contributed by atoms with Crippen LogP contribution in [-0.4, -0.2) is 36.6 Å². The Labute approximate surface area is 206 Å². The molecule has 0 aromatic heterocycles. The van der Waals surface area contributed by atoms with Gasteiger partial charge in [-0.05, 0) is 26.2 Å². The number of unbranched alkanes of at least 4 members (excludes halogenated alkanes) is 15. The number of carboxylic acids is 1. The molecule has 0 aliphatic rings. The van der Waals surface area contributed by atoms with Crippen LogP contribution in [0.25, 0.3) is 0 Å². The maximum absolute atomic E-state index is 12.0. The van der Waals surface area contributed by atoms with Gasteiger partial charge in [-0.15, -0.1) is 0 Å². The maximum atomic E-state index is 12.0. The van der Waals surface area contributed by atoms with E-state index < -0.39 is 19.6 Å². The van der Waals surface area contributed by atoms with Crippen molar-refractivity contribution in [2.45, 2.75) is 149 Å². The van der Waals surface area contributed by atoms with Crippen molar-refractivity contribution < 1.29 is 23.5 Å². The molecule has 1 unspecified atom stereocenters. The van der Waals surface area contributed by atoms with Crippen molar-refractivity contribution in [3.05, 3.63) is 0 Å². The first-order valence-corrected chi connectivity index (χ1v) is 15.7. The van der Waals surface area contributed by atoms with E-state index in [9.17, 15) is 9.90 Å². The fourth-order valence-electron chi connectivity index (χ4n) is 3.81. The van der Waals surface area contributed by atoms with Crippen LogP contribution in [0, 0.1) is 0 Å². The molecule has 5 nitrogen and oxygen atoms in total. The van der Waals surface area contributed by atoms with Gasteiger partial charge >= 0.3 is 13.9 Å². The average Bonchev–Trinajstić information content (AvgIpc) is 2.81. The van der Waals surface area contributed by atoms with E-state index in [4.69, 9.17) is 13.6 Å². The lowest BCUT2D eigenvalue weighted by molar-refractivity contribution is -0.137. The molecule has 6 heteroatoms. The van der Waals surface area contributed by atoms with Gasteiger partial charge in [-0.1, -0.05) is 117 Å². The van der Waals surface area contributed by atoms with E-state index in [1.165, 1.54) is 77.0 Å². The molecule has 0 heterocycles. The van der Waals surface area contributed by atoms with Crippen molar-refractivity contribution in [2.75, 3.05) is 19.8 Å². The van der Waals surface area contributed by atoms with Gasteiger partial charge in [0.25, 0.3) is 0 Å². The molecule has 0 spiro atoms. The standard InChI is InChI=1S/C27H55O5P/c1-5-8-11-14-17-20-23-30-33(26(4)27(28)29,31-24-21-18-15-12-9-6-2)32-25-22-19-16-13-10-7-3/h26H,5-25H2,1-4H3/p+1. The minimum atomic E-state index is -2.93. The van der Waals surface area contributed by atoms with Gasteiger partial charge in [-0.2, -0.15) is 13.6 Å². The molecule has 0 aliphatic carbocycles. The Balaban J connectivity index is 4.78. The monoisotopic (exact) mass is 491 g/mol. The SMILES string of the molecule is CCCCCCCCO[P+](OCCCCCCCC)(OCCCCCCCC)C(C)C(=O)O. The Morgan fingerprint density at radius 1 is 0.576 bits per heavy atom. The van der Waals surface area contributed by atoms with Gasteiger partial charge in [0.2, 0.25) is 5.66 Å². The number of rotatable bonds is 26. The molecule has 33 heavy (non-hydrogen) atoms. The van der Waals surface area contributed by atoms with E-state index in [1.54, 1.807) is 6.92 Å². The zero-order chi connectivity index (χ0) is 24.6. The highest BCUT2D eigenvalue weighted by Crippen LogP contribution is 2.66. The third kappa shape index (κ3) is 17.8. The van der Waals surface area contributed by atoms with Crippen LogP contribution in [0.1, 0.15) is 143 Å². The minimum Gasteiger partial charge on any atom is -0.478 e. The molecule has 0 amide bonds. The van der Waals surface area contributed by atoms with Gasteiger partial charge in [-0.3, -0.25) is 0 Å². The summed E-state index contributed by atoms with van der Waals surface area (Å²) in [5.74, 6) is -0.892. The van der Waals surface area contributed by atoms with Crippen LogP contribution in [-0.2, 0) is 18.4 Å². The zero-order valence-electron chi connectivity index (χ0n) is 22.5. The molecule has 0 aromatic rings. The van der Waals surface area contributed by atoms with Crippen molar-refractivity contribution in [1.29, 1.82) is 0 Å². The fraction of sp³-hybridized carbons (Fsp3) is 0.963. The van der Waals surface area contributed by atoms with Crippen molar-refractivity contribution in [1.82, 2.24) is 0 Å². The Morgan fingerprint density at radius 2 is 0.848 bits per heavy atom. The van der Waals surface area contributed by atoms with Crippen LogP contribution >= 0.6 is 7.94 Å². The summed E-state index contributed by atoms with van der Waals surface area (Å²) in [7, 11) is -2.93. The molecular weight excluding hydrogens is 435 g/mol. The number of aliphatic carboxylic acids is 1. The molecule has 0 radical (unpaired) electrons. The van der Waals surface area contributed by atoms with Gasteiger partial charge in [0, 0.05) is 0 Å². The highest BCUT2D eigenvalue weighted by Gasteiger charge is 2.55. The highest BCUT2D eigenvalue weighted by atomic mass is 31.2. The molecule has 0 saturated heterocycles. The van der Waals surface area contributed by atoms with Crippen LogP contribution in [0.15, 0.2) is 0 Å². The van der Waals surface area contributed by atoms with Gasteiger partial charge < -0.3 is 5.11 Å². The molecule has 0 aromatic carbocycles. The molecule has 198 valence electrons. The normalized spacial score (nSPS) is 12.8. The van der Waals surface area contributed by atoms with E-state index in [2.05, 4.69) is 20.8 Å². The Hall–Kier alpha value is -0.220. The minimum absolute atomic E-state index is 0.518. The summed E-state index contributed by atoms with van der Waals surface area (Å²) < 4.78 is 18.7. The second-order valence-electron chi connectivity index (χ2n) is 9.36. The first kappa shape index (κ1) is 32.8. The highest BCUT2D eigenvalue weighted by molar-refractivity contribution is 7.63. The summed E-state index contributed by atoms with van der Waals surface area (Å²) in [6, 6.07) is 0. The van der Waals surface area contributed by atoms with E-state index in [0.717, 1.165) is 38.5 Å². The lowest BCUT2D eigenvalue weighted by atomic mass is 10.1. The smallest absolute Gasteiger partial charge is 0.425 e. The molecule has 0 fully saturated rings. The van der Waals surface area contributed by atoms with Gasteiger partial charge in [0.05, 0.1) is 19.8 Å². The van der Waals surface area contributed by atoms with Crippen LogP contribution in [0.2, 0.25) is 0 Å². The average molecular weight is 492 g/mol. The van der Waals surface area contributed by atoms with Crippen LogP contribution in [0.3, 0.4) is 0 Å². The second kappa shape index (κ2) is 23.5. The molecule has 0 bridgehead atoms. The van der Waals surface area contributed by atoms with E-state index in [-0.39, 0.29) is 0 Å². The molecule has 1 atom stereocenters. The summed E-state index contributed by atoms with van der Waals surface area (Å²) in [4.78, 5) is 12.0. The summed E-state index contributed by atoms with van der Waals surface area (Å²) in [5.41, 5.74) is -0.766. The van der Waals surface area contributed by atoms with Gasteiger partial charge in [0.15, 0.2) is 0 Å². The first-order chi connectivity index (χ1) is 16.0. The molecule has 0 saturated carbocycles. The summed E-state index contributed by atoms with van der Waals surface area (Å²) >= 11 is 0. The van der Waals surface area contributed by atoms with Crippen LogP contribution in [0.5, 0.6) is 0 Å². The first-order valence-electron chi connectivity index (χ1n) is 14.1. The lowest BCUT2D eigenvalue weighted by Crippen LogP contribution is -2.26. The third-order valence-electron chi connectivity index (χ3n) is 6.14. The summed E-state index contributed by atoms with van der Waals surface area (Å²) in [5, 5.41) is 9.80. The molecule has 1 N–H and O–H groups in total. The second-order valence-corrected chi connectivity index (χ2v) is 12.0. The predicted molar refractivity (Wildman–Crippen MR) is 142 cm³/mol. The van der Waals surface area contributed by atoms with Crippen molar-refractivity contribution in [3.63, 3.8) is 0 Å². The predicted octanol–water partition coefficient (Wildman–Crippen LogP) is 9.35. The largest absolute Gasteiger partial charge is 0.478 e. The number of hydrogen-bond donors (Lipinski definition) is 1. The Bertz CT molecular complexity index is 387. The quantitative estimate of drug-likeness (QED) is 0.0964. The molecule has 0 aliphatic heterocycles. The van der Waals surface area contributed by atoms with Gasteiger partial charge in [0.1, 0.15) is 0 Å². The number of hydrogen-bond acceptors (Lipinski definition) is 4. The topological polar surface area (TPSA) is 65.0 Å². The van der Waals surface area contributed by atoms with Crippen molar-refractivity contribution in [2.24, 2.45) is 0 Å². The third-order valence-corrected chi connectivity index (χ3v) is 8.94. The fourth-order valence-corrected chi connectivity index (χ4v) is 6.12. The van der Waals surface area contributed by atoms with E-state index in [0.29, 0.717) is 19.8 Å². The lowest BCUT2D eigenvalue weighted by Gasteiger charge is -2.25. The molecular formula is C27H56O5P+. The number of carbonyl (C=O) groups is 1. The van der Waals surface area contributed by atoms with Crippen LogP contribution < -0.4 is 0 Å². The summed E-state index contributed by atoms with van der Waals surface area (Å²) in [6.45, 7) is 9.91. The Kier molecular flexibility index (Phi) is 23.4. The number of carboxylic acid groups (broad SMARTS) is 1. The van der Waals surface area contributed by atoms with E-state index >= 15 is 0 Å². The van der Waals surface area contributed by atoms with Crippen molar-refractivity contribution >= 4 is 13.9 Å². The molecule has 0 rings (SSSR count).